The number of aromatic carboxylic acids is 1. The van der Waals surface area contributed by atoms with E-state index in [9.17, 15) is 9.90 Å². The van der Waals surface area contributed by atoms with E-state index in [4.69, 9.17) is 4.98 Å². The second-order valence-electron chi connectivity index (χ2n) is 7.29. The molecule has 3 heterocycles. The average molecular weight is 372 g/mol. The third-order valence-corrected chi connectivity index (χ3v) is 5.45. The third-order valence-electron chi connectivity index (χ3n) is 5.45. The Morgan fingerprint density at radius 2 is 1.86 bits per heavy atom. The smallest absolute Gasteiger partial charge is 0.335 e. The van der Waals surface area contributed by atoms with Gasteiger partial charge in [0.25, 0.3) is 0 Å². The molecule has 28 heavy (non-hydrogen) atoms. The van der Waals surface area contributed by atoms with Crippen molar-refractivity contribution in [1.82, 2.24) is 15.2 Å². The van der Waals surface area contributed by atoms with Gasteiger partial charge in [0.1, 0.15) is 0 Å². The molecule has 140 valence electrons. The normalized spacial score (nSPS) is 14.6. The lowest BCUT2D eigenvalue weighted by Gasteiger charge is -2.30. The number of aromatic nitrogens is 3. The van der Waals surface area contributed by atoms with Crippen molar-refractivity contribution in [3.05, 3.63) is 54.2 Å². The van der Waals surface area contributed by atoms with Gasteiger partial charge in [-0.05, 0) is 55.7 Å². The van der Waals surface area contributed by atoms with Gasteiger partial charge in [0, 0.05) is 29.4 Å². The van der Waals surface area contributed by atoms with Crippen molar-refractivity contribution in [2.24, 2.45) is 0 Å². The zero-order valence-electron chi connectivity index (χ0n) is 15.4. The summed E-state index contributed by atoms with van der Waals surface area (Å²) >= 11 is 0. The first-order valence-electron chi connectivity index (χ1n) is 9.55. The quantitative estimate of drug-likeness (QED) is 0.555. The molecule has 1 fully saturated rings. The molecule has 0 radical (unpaired) electrons. The van der Waals surface area contributed by atoms with E-state index in [-0.39, 0.29) is 5.56 Å². The molecular weight excluding hydrogens is 352 g/mol. The van der Waals surface area contributed by atoms with E-state index in [1.807, 2.05) is 12.3 Å². The fraction of sp³-hybridized carbons (Fsp3) is 0.227. The van der Waals surface area contributed by atoms with Gasteiger partial charge < -0.3 is 10.0 Å². The van der Waals surface area contributed by atoms with Crippen LogP contribution in [-0.4, -0.2) is 39.3 Å². The maximum absolute atomic E-state index is 11.4. The maximum Gasteiger partial charge on any atom is 0.335 e. The van der Waals surface area contributed by atoms with Crippen molar-refractivity contribution in [2.45, 2.75) is 19.3 Å². The van der Waals surface area contributed by atoms with Crippen LogP contribution in [0, 0.1) is 0 Å². The number of nitrogens with one attached hydrogen (secondary N) is 1. The largest absolute Gasteiger partial charge is 0.478 e. The Morgan fingerprint density at radius 1 is 1.00 bits per heavy atom. The number of piperidine rings is 1. The summed E-state index contributed by atoms with van der Waals surface area (Å²) in [7, 11) is 0. The Bertz CT molecular complexity index is 1190. The summed E-state index contributed by atoms with van der Waals surface area (Å²) in [5.74, 6) is -0.920. The van der Waals surface area contributed by atoms with E-state index >= 15 is 0 Å². The zero-order valence-corrected chi connectivity index (χ0v) is 15.4. The first-order valence-corrected chi connectivity index (χ1v) is 9.55. The van der Waals surface area contributed by atoms with Crippen LogP contribution in [-0.2, 0) is 0 Å². The van der Waals surface area contributed by atoms with Gasteiger partial charge >= 0.3 is 5.97 Å². The van der Waals surface area contributed by atoms with Gasteiger partial charge in [-0.1, -0.05) is 6.07 Å². The van der Waals surface area contributed by atoms with E-state index in [1.165, 1.54) is 6.42 Å². The molecule has 1 aliphatic heterocycles. The molecule has 0 unspecified atom stereocenters. The summed E-state index contributed by atoms with van der Waals surface area (Å²) in [6.07, 6.45) is 5.39. The predicted molar refractivity (Wildman–Crippen MR) is 110 cm³/mol. The van der Waals surface area contributed by atoms with Crippen molar-refractivity contribution < 1.29 is 9.90 Å². The molecule has 0 aliphatic carbocycles. The molecule has 4 aromatic rings. The number of anilines is 1. The summed E-state index contributed by atoms with van der Waals surface area (Å²) in [5, 5.41) is 18.3. The number of carbonyl (C=O) groups is 1. The predicted octanol–water partition coefficient (Wildman–Crippen LogP) is 4.47. The maximum atomic E-state index is 11.4. The fourth-order valence-electron chi connectivity index (χ4n) is 3.98. The highest BCUT2D eigenvalue weighted by Crippen LogP contribution is 2.35. The minimum atomic E-state index is -0.920. The molecule has 2 aromatic heterocycles. The van der Waals surface area contributed by atoms with Gasteiger partial charge in [0.05, 0.1) is 34.2 Å². The van der Waals surface area contributed by atoms with Gasteiger partial charge in [0.15, 0.2) is 0 Å². The highest BCUT2D eigenvalue weighted by atomic mass is 16.4. The number of aromatic amines is 1. The van der Waals surface area contributed by atoms with E-state index in [0.717, 1.165) is 64.7 Å². The highest BCUT2D eigenvalue weighted by Gasteiger charge is 2.19. The summed E-state index contributed by atoms with van der Waals surface area (Å²) in [5.41, 5.74) is 5.12. The summed E-state index contributed by atoms with van der Waals surface area (Å²) in [6, 6.07) is 13.4. The Kier molecular flexibility index (Phi) is 3.97. The number of H-pyrrole nitrogens is 1. The molecule has 6 heteroatoms. The zero-order chi connectivity index (χ0) is 19.1. The van der Waals surface area contributed by atoms with Gasteiger partial charge in [-0.3, -0.25) is 5.10 Å². The van der Waals surface area contributed by atoms with Crippen molar-refractivity contribution in [3.63, 3.8) is 0 Å². The van der Waals surface area contributed by atoms with Gasteiger partial charge in [0.2, 0.25) is 0 Å². The molecule has 2 N–H and O–H groups in total. The number of hydrogen-bond acceptors (Lipinski definition) is 4. The van der Waals surface area contributed by atoms with Gasteiger partial charge in [-0.2, -0.15) is 5.10 Å². The average Bonchev–Trinajstić information content (AvgIpc) is 3.21. The van der Waals surface area contributed by atoms with E-state index < -0.39 is 5.97 Å². The van der Waals surface area contributed by atoms with E-state index in [0.29, 0.717) is 0 Å². The van der Waals surface area contributed by atoms with Crippen LogP contribution < -0.4 is 4.90 Å². The number of rotatable bonds is 3. The molecule has 0 bridgehead atoms. The van der Waals surface area contributed by atoms with Crippen molar-refractivity contribution >= 4 is 33.5 Å². The number of fused-ring (bicyclic) bond motifs is 2. The Balaban J connectivity index is 1.72. The molecule has 0 amide bonds. The first kappa shape index (κ1) is 16.7. The molecule has 1 aliphatic rings. The Hall–Kier alpha value is -3.41. The Morgan fingerprint density at radius 3 is 2.68 bits per heavy atom. The number of pyridine rings is 1. The minimum Gasteiger partial charge on any atom is -0.478 e. The van der Waals surface area contributed by atoms with Crippen LogP contribution >= 0.6 is 0 Å². The monoisotopic (exact) mass is 372 g/mol. The standard InChI is InChI=1S/C22H20N4O2/c27-22(28)15-5-6-18-16(11-15)12-20(26-8-2-1-3-9-26)21(24-18)14-4-7-19-17(10-14)13-23-25-19/h4-7,10-13H,1-3,8-9H2,(H,23,25)(H,27,28). The second-order valence-corrected chi connectivity index (χ2v) is 7.29. The lowest BCUT2D eigenvalue weighted by Crippen LogP contribution is -2.30. The lowest BCUT2D eigenvalue weighted by atomic mass is 10.0. The van der Waals surface area contributed by atoms with Crippen LogP contribution in [0.1, 0.15) is 29.6 Å². The molecule has 5 rings (SSSR count). The summed E-state index contributed by atoms with van der Waals surface area (Å²) in [6.45, 7) is 1.99. The molecule has 6 nitrogen and oxygen atoms in total. The molecule has 0 spiro atoms. The fourth-order valence-corrected chi connectivity index (χ4v) is 3.98. The van der Waals surface area contributed by atoms with E-state index in [2.05, 4.69) is 33.3 Å². The highest BCUT2D eigenvalue weighted by molar-refractivity contribution is 5.96. The molecule has 0 atom stereocenters. The van der Waals surface area contributed by atoms with Crippen LogP contribution in [0.15, 0.2) is 48.7 Å². The van der Waals surface area contributed by atoms with Crippen molar-refractivity contribution in [2.75, 3.05) is 18.0 Å². The first-order chi connectivity index (χ1) is 13.7. The van der Waals surface area contributed by atoms with Crippen LogP contribution in [0.25, 0.3) is 33.1 Å². The Labute approximate surface area is 161 Å². The SMILES string of the molecule is O=C(O)c1ccc2nc(-c3ccc4[nH]ncc4c3)c(N3CCCCC3)cc2c1. The van der Waals surface area contributed by atoms with Gasteiger partial charge in [-0.15, -0.1) is 0 Å². The summed E-state index contributed by atoms with van der Waals surface area (Å²) < 4.78 is 0. The van der Waals surface area contributed by atoms with Gasteiger partial charge in [-0.25, -0.2) is 9.78 Å². The number of carboxylic acid groups (broad SMARTS) is 1. The molecule has 0 saturated carbocycles. The molecule has 1 saturated heterocycles. The lowest BCUT2D eigenvalue weighted by molar-refractivity contribution is 0.0697. The number of nitrogens with zero attached hydrogens (tertiary/aromatic N) is 3. The van der Waals surface area contributed by atoms with Crippen molar-refractivity contribution in [1.29, 1.82) is 0 Å². The van der Waals surface area contributed by atoms with E-state index in [1.54, 1.807) is 18.2 Å². The molecule has 2 aromatic carbocycles. The minimum absolute atomic E-state index is 0.284. The van der Waals surface area contributed by atoms with Crippen LogP contribution in [0.5, 0.6) is 0 Å². The van der Waals surface area contributed by atoms with Crippen molar-refractivity contribution in [3.8, 4) is 11.3 Å². The summed E-state index contributed by atoms with van der Waals surface area (Å²) in [4.78, 5) is 18.7. The van der Waals surface area contributed by atoms with Crippen LogP contribution in [0.4, 0.5) is 5.69 Å². The van der Waals surface area contributed by atoms with Crippen LogP contribution in [0.3, 0.4) is 0 Å². The number of carboxylic acids is 1. The molecular formula is C22H20N4O2. The number of hydrogen-bond donors (Lipinski definition) is 2. The number of benzene rings is 2. The second kappa shape index (κ2) is 6.64. The topological polar surface area (TPSA) is 82.1 Å². The third kappa shape index (κ3) is 2.87. The van der Waals surface area contributed by atoms with Crippen LogP contribution in [0.2, 0.25) is 0 Å².